The number of ketones is 1. The lowest BCUT2D eigenvalue weighted by atomic mass is 10.1. The first kappa shape index (κ1) is 11.2. The van der Waals surface area contributed by atoms with E-state index >= 15 is 0 Å². The Morgan fingerprint density at radius 1 is 1.79 bits per heavy atom. The lowest BCUT2D eigenvalue weighted by Crippen LogP contribution is -2.17. The number of aryl methyl sites for hydroxylation is 1. The van der Waals surface area contributed by atoms with Crippen molar-refractivity contribution < 1.29 is 4.79 Å². The second-order valence-corrected chi connectivity index (χ2v) is 3.81. The van der Waals surface area contributed by atoms with Crippen LogP contribution in [0, 0.1) is 0 Å². The van der Waals surface area contributed by atoms with Gasteiger partial charge in [-0.2, -0.15) is 5.10 Å². The van der Waals surface area contributed by atoms with Crippen LogP contribution >= 0.6 is 11.6 Å². The van der Waals surface area contributed by atoms with E-state index in [1.807, 2.05) is 6.92 Å². The molecule has 0 aromatic carbocycles. The minimum atomic E-state index is -0.00713. The molecule has 0 saturated carbocycles. The number of carbonyl (C=O) groups excluding carboxylic acids is 1. The molecular weight excluding hydrogens is 202 g/mol. The summed E-state index contributed by atoms with van der Waals surface area (Å²) in [5, 5.41) is 4.30. The molecule has 1 heterocycles. The standard InChI is InChI=1S/C9H14ClN3O/c1-6(11)3-4-8(14)9-7(10)5-12-13(9)2/h5-6H,3-4,11H2,1-2H3. The fraction of sp³-hybridized carbons (Fsp3) is 0.556. The van der Waals surface area contributed by atoms with Gasteiger partial charge in [-0.1, -0.05) is 11.6 Å². The number of hydrogen-bond donors (Lipinski definition) is 1. The van der Waals surface area contributed by atoms with Crippen molar-refractivity contribution in [1.82, 2.24) is 9.78 Å². The van der Waals surface area contributed by atoms with Gasteiger partial charge in [-0.3, -0.25) is 9.48 Å². The van der Waals surface area contributed by atoms with Crippen molar-refractivity contribution in [2.24, 2.45) is 12.8 Å². The first-order valence-corrected chi connectivity index (χ1v) is 4.86. The van der Waals surface area contributed by atoms with Crippen LogP contribution in [-0.4, -0.2) is 21.6 Å². The van der Waals surface area contributed by atoms with E-state index in [-0.39, 0.29) is 11.8 Å². The summed E-state index contributed by atoms with van der Waals surface area (Å²) in [6.45, 7) is 1.87. The first-order chi connectivity index (χ1) is 6.52. The summed E-state index contributed by atoms with van der Waals surface area (Å²) in [5.74, 6) is -0.00713. The first-order valence-electron chi connectivity index (χ1n) is 4.48. The molecule has 0 fully saturated rings. The number of Topliss-reactive ketones (excluding diaryl/α,β-unsaturated/α-hetero) is 1. The largest absolute Gasteiger partial charge is 0.328 e. The van der Waals surface area contributed by atoms with Crippen molar-refractivity contribution in [3.8, 4) is 0 Å². The van der Waals surface area contributed by atoms with Crippen molar-refractivity contribution in [3.05, 3.63) is 16.9 Å². The number of hydrogen-bond acceptors (Lipinski definition) is 3. The Bertz CT molecular complexity index is 313. The number of nitrogens with two attached hydrogens (primary N) is 1. The number of rotatable bonds is 4. The molecule has 1 aromatic heterocycles. The van der Waals surface area contributed by atoms with Gasteiger partial charge in [0.1, 0.15) is 5.69 Å². The minimum Gasteiger partial charge on any atom is -0.328 e. The lowest BCUT2D eigenvalue weighted by Gasteiger charge is -2.04. The van der Waals surface area contributed by atoms with Crippen molar-refractivity contribution in [1.29, 1.82) is 0 Å². The number of nitrogens with zero attached hydrogens (tertiary/aromatic N) is 2. The highest BCUT2D eigenvalue weighted by Gasteiger charge is 2.15. The molecular formula is C9H14ClN3O. The molecule has 1 rings (SSSR count). The van der Waals surface area contributed by atoms with Crippen LogP contribution in [0.4, 0.5) is 0 Å². The third kappa shape index (κ3) is 2.56. The molecule has 0 saturated heterocycles. The van der Waals surface area contributed by atoms with Gasteiger partial charge >= 0.3 is 0 Å². The summed E-state index contributed by atoms with van der Waals surface area (Å²) in [6.07, 6.45) is 2.55. The van der Waals surface area contributed by atoms with Crippen LogP contribution in [-0.2, 0) is 7.05 Å². The summed E-state index contributed by atoms with van der Waals surface area (Å²) >= 11 is 5.82. The predicted molar refractivity (Wildman–Crippen MR) is 55.4 cm³/mol. The van der Waals surface area contributed by atoms with Crippen LogP contribution in [0.3, 0.4) is 0 Å². The fourth-order valence-electron chi connectivity index (χ4n) is 1.20. The number of halogens is 1. The Hall–Kier alpha value is -0.870. The van der Waals surface area contributed by atoms with E-state index in [1.165, 1.54) is 10.9 Å². The zero-order chi connectivity index (χ0) is 10.7. The molecule has 0 aliphatic carbocycles. The maximum absolute atomic E-state index is 11.7. The normalized spacial score (nSPS) is 12.9. The fourth-order valence-corrected chi connectivity index (χ4v) is 1.47. The maximum Gasteiger partial charge on any atom is 0.182 e. The number of aromatic nitrogens is 2. The van der Waals surface area contributed by atoms with Crippen molar-refractivity contribution in [2.75, 3.05) is 0 Å². The van der Waals surface area contributed by atoms with Gasteiger partial charge in [0.2, 0.25) is 0 Å². The average Bonchev–Trinajstić information content (AvgIpc) is 2.42. The van der Waals surface area contributed by atoms with E-state index in [9.17, 15) is 4.79 Å². The van der Waals surface area contributed by atoms with Gasteiger partial charge in [-0.05, 0) is 13.3 Å². The second-order valence-electron chi connectivity index (χ2n) is 3.40. The van der Waals surface area contributed by atoms with Gasteiger partial charge < -0.3 is 5.73 Å². The molecule has 0 spiro atoms. The van der Waals surface area contributed by atoms with E-state index in [1.54, 1.807) is 7.05 Å². The van der Waals surface area contributed by atoms with E-state index < -0.39 is 0 Å². The topological polar surface area (TPSA) is 60.9 Å². The third-order valence-electron chi connectivity index (χ3n) is 1.98. The summed E-state index contributed by atoms with van der Waals surface area (Å²) in [6, 6.07) is 0.0333. The molecule has 0 radical (unpaired) electrons. The van der Waals surface area contributed by atoms with Gasteiger partial charge in [0.25, 0.3) is 0 Å². The highest BCUT2D eigenvalue weighted by atomic mass is 35.5. The molecule has 1 unspecified atom stereocenters. The Morgan fingerprint density at radius 3 is 2.86 bits per heavy atom. The van der Waals surface area contributed by atoms with Crippen molar-refractivity contribution in [3.63, 3.8) is 0 Å². The smallest absolute Gasteiger partial charge is 0.182 e. The summed E-state index contributed by atoms with van der Waals surface area (Å²) in [7, 11) is 1.70. The van der Waals surface area contributed by atoms with Gasteiger partial charge in [-0.15, -0.1) is 0 Å². The van der Waals surface area contributed by atoms with Crippen LogP contribution < -0.4 is 5.73 Å². The van der Waals surface area contributed by atoms with Crippen molar-refractivity contribution >= 4 is 17.4 Å². The summed E-state index contributed by atoms with van der Waals surface area (Å²) in [4.78, 5) is 11.7. The summed E-state index contributed by atoms with van der Waals surface area (Å²) < 4.78 is 1.49. The van der Waals surface area contributed by atoms with Crippen LogP contribution in [0.5, 0.6) is 0 Å². The number of carbonyl (C=O) groups is 1. The highest BCUT2D eigenvalue weighted by molar-refractivity contribution is 6.33. The minimum absolute atomic E-state index is 0.00713. The molecule has 0 aliphatic rings. The zero-order valence-electron chi connectivity index (χ0n) is 8.33. The van der Waals surface area contributed by atoms with Crippen LogP contribution in [0.15, 0.2) is 6.20 Å². The molecule has 78 valence electrons. The lowest BCUT2D eigenvalue weighted by molar-refractivity contribution is 0.0969. The highest BCUT2D eigenvalue weighted by Crippen LogP contribution is 2.16. The predicted octanol–water partition coefficient (Wildman–Crippen LogP) is 1.38. The van der Waals surface area contributed by atoms with Gasteiger partial charge in [0.15, 0.2) is 5.78 Å². The molecule has 1 aromatic rings. The molecule has 0 amide bonds. The third-order valence-corrected chi connectivity index (χ3v) is 2.26. The molecule has 14 heavy (non-hydrogen) atoms. The molecule has 5 heteroatoms. The van der Waals surface area contributed by atoms with E-state index in [0.717, 1.165) is 0 Å². The Kier molecular flexibility index (Phi) is 3.66. The zero-order valence-corrected chi connectivity index (χ0v) is 9.08. The van der Waals surface area contributed by atoms with Gasteiger partial charge in [0.05, 0.1) is 11.2 Å². The summed E-state index contributed by atoms with van der Waals surface area (Å²) in [5.41, 5.74) is 6.03. The monoisotopic (exact) mass is 215 g/mol. The molecule has 2 N–H and O–H groups in total. The van der Waals surface area contributed by atoms with Gasteiger partial charge in [0, 0.05) is 19.5 Å². The van der Waals surface area contributed by atoms with Crippen LogP contribution in [0.1, 0.15) is 30.3 Å². The molecule has 0 bridgehead atoms. The van der Waals surface area contributed by atoms with Crippen molar-refractivity contribution in [2.45, 2.75) is 25.8 Å². The SMILES string of the molecule is CC(N)CCC(=O)c1c(Cl)cnn1C. The van der Waals surface area contributed by atoms with E-state index in [4.69, 9.17) is 17.3 Å². The second kappa shape index (κ2) is 4.57. The Balaban J connectivity index is 2.70. The molecule has 4 nitrogen and oxygen atoms in total. The molecule has 1 atom stereocenters. The van der Waals surface area contributed by atoms with E-state index in [2.05, 4.69) is 5.10 Å². The Morgan fingerprint density at radius 2 is 2.43 bits per heavy atom. The van der Waals surface area contributed by atoms with Crippen LogP contribution in [0.2, 0.25) is 5.02 Å². The van der Waals surface area contributed by atoms with E-state index in [0.29, 0.717) is 23.6 Å². The average molecular weight is 216 g/mol. The quantitative estimate of drug-likeness (QED) is 0.772. The Labute approximate surface area is 88.0 Å². The van der Waals surface area contributed by atoms with Crippen LogP contribution in [0.25, 0.3) is 0 Å². The maximum atomic E-state index is 11.7. The molecule has 0 aliphatic heterocycles. The van der Waals surface area contributed by atoms with Gasteiger partial charge in [-0.25, -0.2) is 0 Å².